The van der Waals surface area contributed by atoms with Crippen molar-refractivity contribution in [3.05, 3.63) is 52.1 Å². The van der Waals surface area contributed by atoms with Gasteiger partial charge in [0, 0.05) is 22.3 Å². The highest BCUT2D eigenvalue weighted by Gasteiger charge is 2.04. The minimum absolute atomic E-state index is 0.328. The lowest BCUT2D eigenvalue weighted by Crippen LogP contribution is -2.09. The number of benzene rings is 1. The van der Waals surface area contributed by atoms with E-state index >= 15 is 0 Å². The standard InChI is InChI=1S/C13H11BrN2OS/c1-8-6-10(14)3-4-11(8)17-12-5-2-9(7-16-12)13(15)18/h2-7H,1H3,(H2,15,18). The molecular weight excluding hydrogens is 312 g/mol. The van der Waals surface area contributed by atoms with Crippen LogP contribution in [0.2, 0.25) is 0 Å². The van der Waals surface area contributed by atoms with Crippen molar-refractivity contribution in [1.82, 2.24) is 4.98 Å². The fourth-order valence-corrected chi connectivity index (χ4v) is 2.02. The third-order valence-electron chi connectivity index (χ3n) is 2.37. The molecule has 0 aliphatic rings. The summed E-state index contributed by atoms with van der Waals surface area (Å²) in [6.07, 6.45) is 1.60. The van der Waals surface area contributed by atoms with Crippen LogP contribution >= 0.6 is 28.1 Å². The Bertz CT molecular complexity index is 584. The van der Waals surface area contributed by atoms with Crippen LogP contribution in [-0.4, -0.2) is 9.97 Å². The molecule has 0 atom stereocenters. The Morgan fingerprint density at radius 3 is 2.67 bits per heavy atom. The maximum atomic E-state index is 5.68. The minimum atomic E-state index is 0.328. The first kappa shape index (κ1) is 13.0. The van der Waals surface area contributed by atoms with E-state index in [0.29, 0.717) is 10.9 Å². The predicted octanol–water partition coefficient (Wildman–Crippen LogP) is 3.58. The van der Waals surface area contributed by atoms with Crippen molar-refractivity contribution in [2.45, 2.75) is 6.92 Å². The number of nitrogens with two attached hydrogens (primary N) is 1. The van der Waals surface area contributed by atoms with Crippen LogP contribution in [0.1, 0.15) is 11.1 Å². The van der Waals surface area contributed by atoms with E-state index in [1.165, 1.54) is 0 Å². The van der Waals surface area contributed by atoms with Crippen molar-refractivity contribution < 1.29 is 4.74 Å². The molecule has 0 saturated carbocycles. The molecule has 0 amide bonds. The fourth-order valence-electron chi connectivity index (χ4n) is 1.43. The molecule has 3 nitrogen and oxygen atoms in total. The molecule has 1 aromatic heterocycles. The van der Waals surface area contributed by atoms with Crippen LogP contribution in [0.5, 0.6) is 11.6 Å². The number of thiocarbonyl (C=S) groups is 1. The molecule has 0 spiro atoms. The van der Waals surface area contributed by atoms with Gasteiger partial charge in [-0.15, -0.1) is 0 Å². The molecule has 18 heavy (non-hydrogen) atoms. The Morgan fingerprint density at radius 2 is 2.11 bits per heavy atom. The topological polar surface area (TPSA) is 48.1 Å². The molecule has 0 bridgehead atoms. The number of aromatic nitrogens is 1. The Labute approximate surface area is 119 Å². The van der Waals surface area contributed by atoms with Gasteiger partial charge in [0.2, 0.25) is 5.88 Å². The van der Waals surface area contributed by atoms with E-state index < -0.39 is 0 Å². The highest BCUT2D eigenvalue weighted by Crippen LogP contribution is 2.26. The van der Waals surface area contributed by atoms with E-state index in [1.807, 2.05) is 25.1 Å². The maximum absolute atomic E-state index is 5.68. The highest BCUT2D eigenvalue weighted by atomic mass is 79.9. The SMILES string of the molecule is Cc1cc(Br)ccc1Oc1ccc(C(N)=S)cn1. The van der Waals surface area contributed by atoms with Crippen molar-refractivity contribution in [3.8, 4) is 11.6 Å². The molecule has 0 unspecified atom stereocenters. The van der Waals surface area contributed by atoms with Gasteiger partial charge in [-0.25, -0.2) is 4.98 Å². The number of hydrogen-bond acceptors (Lipinski definition) is 3. The van der Waals surface area contributed by atoms with Crippen LogP contribution < -0.4 is 10.5 Å². The van der Waals surface area contributed by atoms with Gasteiger partial charge in [0.05, 0.1) is 0 Å². The molecule has 1 heterocycles. The van der Waals surface area contributed by atoms with Crippen LogP contribution in [-0.2, 0) is 0 Å². The Kier molecular flexibility index (Phi) is 3.93. The number of ether oxygens (including phenoxy) is 1. The second-order valence-electron chi connectivity index (χ2n) is 3.76. The van der Waals surface area contributed by atoms with E-state index in [-0.39, 0.29) is 0 Å². The van der Waals surface area contributed by atoms with Crippen LogP contribution in [0.4, 0.5) is 0 Å². The van der Waals surface area contributed by atoms with Crippen LogP contribution in [0.3, 0.4) is 0 Å². The molecule has 0 aliphatic carbocycles. The van der Waals surface area contributed by atoms with Gasteiger partial charge in [-0.3, -0.25) is 0 Å². The third-order valence-corrected chi connectivity index (χ3v) is 3.10. The van der Waals surface area contributed by atoms with Crippen LogP contribution in [0, 0.1) is 6.92 Å². The zero-order valence-electron chi connectivity index (χ0n) is 9.68. The van der Waals surface area contributed by atoms with Gasteiger partial charge in [0.25, 0.3) is 0 Å². The van der Waals surface area contributed by atoms with E-state index in [1.54, 1.807) is 18.3 Å². The van der Waals surface area contributed by atoms with Gasteiger partial charge >= 0.3 is 0 Å². The Morgan fingerprint density at radius 1 is 1.33 bits per heavy atom. The quantitative estimate of drug-likeness (QED) is 0.877. The molecule has 0 fully saturated rings. The molecule has 2 N–H and O–H groups in total. The lowest BCUT2D eigenvalue weighted by Gasteiger charge is -2.08. The predicted molar refractivity (Wildman–Crippen MR) is 79.1 cm³/mol. The number of halogens is 1. The maximum Gasteiger partial charge on any atom is 0.219 e. The smallest absolute Gasteiger partial charge is 0.219 e. The first-order valence-electron chi connectivity index (χ1n) is 5.26. The molecule has 2 rings (SSSR count). The summed E-state index contributed by atoms with van der Waals surface area (Å²) in [5.74, 6) is 1.29. The van der Waals surface area contributed by atoms with Crippen molar-refractivity contribution in [2.75, 3.05) is 0 Å². The van der Waals surface area contributed by atoms with Crippen molar-refractivity contribution in [1.29, 1.82) is 0 Å². The molecule has 0 radical (unpaired) electrons. The zero-order chi connectivity index (χ0) is 13.1. The van der Waals surface area contributed by atoms with Crippen molar-refractivity contribution in [2.24, 2.45) is 5.73 Å². The molecule has 5 heteroatoms. The molecule has 0 aliphatic heterocycles. The summed E-state index contributed by atoms with van der Waals surface area (Å²) in [6, 6.07) is 9.34. The summed E-state index contributed by atoms with van der Waals surface area (Å²) in [4.78, 5) is 4.48. The third kappa shape index (κ3) is 3.05. The number of aryl methyl sites for hydroxylation is 1. The monoisotopic (exact) mass is 322 g/mol. The summed E-state index contributed by atoms with van der Waals surface area (Å²) >= 11 is 8.27. The Hall–Kier alpha value is -1.46. The number of pyridine rings is 1. The summed E-state index contributed by atoms with van der Waals surface area (Å²) in [5.41, 5.74) is 7.26. The number of hydrogen-bond donors (Lipinski definition) is 1. The lowest BCUT2D eigenvalue weighted by atomic mass is 10.2. The second kappa shape index (κ2) is 5.46. The summed E-state index contributed by atoms with van der Waals surface area (Å²) in [6.45, 7) is 1.98. The largest absolute Gasteiger partial charge is 0.439 e. The summed E-state index contributed by atoms with van der Waals surface area (Å²) in [7, 11) is 0. The van der Waals surface area contributed by atoms with Crippen LogP contribution in [0.25, 0.3) is 0 Å². The highest BCUT2D eigenvalue weighted by molar-refractivity contribution is 9.10. The minimum Gasteiger partial charge on any atom is -0.439 e. The van der Waals surface area contributed by atoms with Gasteiger partial charge in [0.1, 0.15) is 10.7 Å². The van der Waals surface area contributed by atoms with E-state index in [4.69, 9.17) is 22.7 Å². The molecule has 1 aromatic carbocycles. The first-order valence-corrected chi connectivity index (χ1v) is 6.46. The van der Waals surface area contributed by atoms with Gasteiger partial charge in [-0.2, -0.15) is 0 Å². The molecule has 0 saturated heterocycles. The van der Waals surface area contributed by atoms with Gasteiger partial charge in [-0.05, 0) is 36.8 Å². The van der Waals surface area contributed by atoms with E-state index in [0.717, 1.165) is 21.3 Å². The summed E-state index contributed by atoms with van der Waals surface area (Å²) < 4.78 is 6.70. The zero-order valence-corrected chi connectivity index (χ0v) is 12.1. The average molecular weight is 323 g/mol. The van der Waals surface area contributed by atoms with Crippen molar-refractivity contribution >= 4 is 33.1 Å². The van der Waals surface area contributed by atoms with Crippen molar-refractivity contribution in [3.63, 3.8) is 0 Å². The van der Waals surface area contributed by atoms with Crippen LogP contribution in [0.15, 0.2) is 41.0 Å². The second-order valence-corrected chi connectivity index (χ2v) is 5.12. The molecule has 2 aromatic rings. The van der Waals surface area contributed by atoms with E-state index in [9.17, 15) is 0 Å². The first-order chi connectivity index (χ1) is 8.56. The van der Waals surface area contributed by atoms with E-state index in [2.05, 4.69) is 20.9 Å². The number of rotatable bonds is 3. The molecular formula is C13H11BrN2OS. The van der Waals surface area contributed by atoms with Gasteiger partial charge in [-0.1, -0.05) is 28.1 Å². The van der Waals surface area contributed by atoms with Gasteiger partial charge < -0.3 is 10.5 Å². The fraction of sp³-hybridized carbons (Fsp3) is 0.0769. The van der Waals surface area contributed by atoms with Gasteiger partial charge in [0.15, 0.2) is 0 Å². The number of nitrogens with zero attached hydrogens (tertiary/aromatic N) is 1. The average Bonchev–Trinajstić information content (AvgIpc) is 2.33. The lowest BCUT2D eigenvalue weighted by molar-refractivity contribution is 0.459. The molecule has 92 valence electrons. The summed E-state index contributed by atoms with van der Waals surface area (Å²) in [5, 5.41) is 0. The Balaban J connectivity index is 2.21. The normalized spacial score (nSPS) is 10.1.